The highest BCUT2D eigenvalue weighted by molar-refractivity contribution is 8.03. The van der Waals surface area contributed by atoms with Crippen molar-refractivity contribution in [1.82, 2.24) is 4.90 Å². The number of anilines is 1. The number of nitriles is 1. The Morgan fingerprint density at radius 1 is 1.21 bits per heavy atom. The van der Waals surface area contributed by atoms with Crippen LogP contribution in [-0.2, 0) is 11.2 Å². The molecule has 0 saturated carbocycles. The molecular weight excluding hydrogens is 373 g/mol. The third kappa shape index (κ3) is 3.16. The number of thioether (sulfide) groups is 1. The van der Waals surface area contributed by atoms with E-state index in [0.29, 0.717) is 28.7 Å². The molecule has 2 heterocycles. The normalized spacial score (nSPS) is 19.5. The molecule has 6 heteroatoms. The molecule has 0 N–H and O–H groups in total. The van der Waals surface area contributed by atoms with Gasteiger partial charge in [-0.05, 0) is 29.7 Å². The van der Waals surface area contributed by atoms with Crippen molar-refractivity contribution in [3.05, 3.63) is 76.1 Å². The van der Waals surface area contributed by atoms with E-state index in [1.165, 1.54) is 23.4 Å². The first kappa shape index (κ1) is 18.6. The quantitative estimate of drug-likeness (QED) is 0.764. The van der Waals surface area contributed by atoms with Gasteiger partial charge in [-0.3, -0.25) is 9.69 Å². The Bertz CT molecular complexity index is 997. The van der Waals surface area contributed by atoms with Crippen LogP contribution in [0.2, 0.25) is 0 Å². The Hall–Kier alpha value is -2.78. The number of amides is 1. The van der Waals surface area contributed by atoms with Crippen molar-refractivity contribution in [3.63, 3.8) is 0 Å². The predicted molar refractivity (Wildman–Crippen MR) is 109 cm³/mol. The van der Waals surface area contributed by atoms with Gasteiger partial charge in [0.15, 0.2) is 0 Å². The summed E-state index contributed by atoms with van der Waals surface area (Å²) in [7, 11) is 0. The number of carbonyl (C=O) groups excluding carboxylic acids is 1. The first-order valence-corrected chi connectivity index (χ1v) is 10.3. The zero-order chi connectivity index (χ0) is 19.7. The molecule has 0 spiro atoms. The fourth-order valence-corrected chi connectivity index (χ4v) is 5.01. The number of rotatable bonds is 3. The van der Waals surface area contributed by atoms with Gasteiger partial charge in [0.25, 0.3) is 0 Å². The van der Waals surface area contributed by atoms with Crippen LogP contribution in [0.3, 0.4) is 0 Å². The number of para-hydroxylation sites is 1. The lowest BCUT2D eigenvalue weighted by Crippen LogP contribution is -2.47. The van der Waals surface area contributed by atoms with Crippen molar-refractivity contribution in [1.29, 1.82) is 5.26 Å². The second-order valence-electron chi connectivity index (χ2n) is 6.87. The van der Waals surface area contributed by atoms with Crippen LogP contribution in [0.25, 0.3) is 0 Å². The molecule has 0 aliphatic carbocycles. The summed E-state index contributed by atoms with van der Waals surface area (Å²) in [6.07, 6.45) is 1.02. The first-order chi connectivity index (χ1) is 13.6. The van der Waals surface area contributed by atoms with Gasteiger partial charge in [-0.2, -0.15) is 5.26 Å². The lowest BCUT2D eigenvalue weighted by molar-refractivity contribution is -0.129. The van der Waals surface area contributed by atoms with Crippen molar-refractivity contribution in [2.75, 3.05) is 17.4 Å². The molecule has 4 rings (SSSR count). The van der Waals surface area contributed by atoms with Crippen LogP contribution in [-0.4, -0.2) is 23.4 Å². The summed E-state index contributed by atoms with van der Waals surface area (Å²) < 4.78 is 14.3. The average molecular weight is 393 g/mol. The van der Waals surface area contributed by atoms with E-state index in [2.05, 4.69) is 30.0 Å². The number of nitrogens with zero attached hydrogens (tertiary/aromatic N) is 3. The zero-order valence-electron chi connectivity index (χ0n) is 15.6. The summed E-state index contributed by atoms with van der Waals surface area (Å²) in [6, 6.07) is 16.8. The van der Waals surface area contributed by atoms with Gasteiger partial charge in [0.05, 0.1) is 29.2 Å². The van der Waals surface area contributed by atoms with Crippen molar-refractivity contribution in [2.24, 2.45) is 0 Å². The largest absolute Gasteiger partial charge is 0.343 e. The number of allylic oxidation sites excluding steroid dienone is 1. The highest BCUT2D eigenvalue weighted by Gasteiger charge is 2.39. The number of aryl methyl sites for hydroxylation is 1. The van der Waals surface area contributed by atoms with Gasteiger partial charge in [0.1, 0.15) is 5.82 Å². The lowest BCUT2D eigenvalue weighted by Gasteiger charge is -2.42. The van der Waals surface area contributed by atoms with E-state index in [1.807, 2.05) is 12.1 Å². The van der Waals surface area contributed by atoms with Crippen LogP contribution >= 0.6 is 11.8 Å². The van der Waals surface area contributed by atoms with E-state index in [4.69, 9.17) is 0 Å². The van der Waals surface area contributed by atoms with Gasteiger partial charge in [0.2, 0.25) is 5.91 Å². The highest BCUT2D eigenvalue weighted by Crippen LogP contribution is 2.44. The van der Waals surface area contributed by atoms with Gasteiger partial charge < -0.3 is 4.90 Å². The number of carbonyl (C=O) groups is 1. The number of halogens is 1. The Morgan fingerprint density at radius 2 is 1.96 bits per heavy atom. The molecule has 1 amide bonds. The van der Waals surface area contributed by atoms with Gasteiger partial charge in [-0.25, -0.2) is 4.39 Å². The third-order valence-electron chi connectivity index (χ3n) is 5.29. The van der Waals surface area contributed by atoms with Crippen LogP contribution < -0.4 is 4.90 Å². The summed E-state index contributed by atoms with van der Waals surface area (Å²) >= 11 is 1.48. The van der Waals surface area contributed by atoms with E-state index in [-0.39, 0.29) is 18.1 Å². The minimum absolute atomic E-state index is 0.0755. The van der Waals surface area contributed by atoms with Crippen LogP contribution in [0.1, 0.15) is 30.4 Å². The fraction of sp³-hybridized carbons (Fsp3) is 0.273. The molecule has 2 aromatic rings. The second kappa shape index (κ2) is 7.69. The monoisotopic (exact) mass is 393 g/mol. The molecule has 0 unspecified atom stereocenters. The molecule has 0 aromatic heterocycles. The van der Waals surface area contributed by atoms with E-state index in [1.54, 1.807) is 23.1 Å². The summed E-state index contributed by atoms with van der Waals surface area (Å²) in [6.45, 7) is 2.52. The Balaban J connectivity index is 1.69. The molecular formula is C22H20FN3OS. The highest BCUT2D eigenvalue weighted by atomic mass is 32.2. The summed E-state index contributed by atoms with van der Waals surface area (Å²) in [5, 5.41) is 10.5. The predicted octanol–water partition coefficient (Wildman–Crippen LogP) is 4.61. The number of hydrogen-bond acceptors (Lipinski definition) is 4. The Labute approximate surface area is 168 Å². The van der Waals surface area contributed by atoms with Crippen molar-refractivity contribution >= 4 is 23.4 Å². The maximum absolute atomic E-state index is 14.3. The average Bonchev–Trinajstić information content (AvgIpc) is 2.74. The number of hydrogen-bond donors (Lipinski definition) is 0. The first-order valence-electron chi connectivity index (χ1n) is 9.28. The maximum Gasteiger partial charge on any atom is 0.229 e. The van der Waals surface area contributed by atoms with Crippen molar-refractivity contribution < 1.29 is 9.18 Å². The third-order valence-corrected chi connectivity index (χ3v) is 6.44. The van der Waals surface area contributed by atoms with Crippen molar-refractivity contribution in [3.8, 4) is 6.07 Å². The topological polar surface area (TPSA) is 47.3 Å². The zero-order valence-corrected chi connectivity index (χ0v) is 16.4. The molecule has 2 aromatic carbocycles. The molecule has 2 aliphatic heterocycles. The van der Waals surface area contributed by atoms with Gasteiger partial charge in [0, 0.05) is 18.0 Å². The minimum Gasteiger partial charge on any atom is -0.343 e. The molecule has 1 saturated heterocycles. The van der Waals surface area contributed by atoms with Crippen LogP contribution in [0.4, 0.5) is 10.1 Å². The van der Waals surface area contributed by atoms with E-state index in [9.17, 15) is 14.4 Å². The van der Waals surface area contributed by atoms with Crippen LogP contribution in [0.15, 0.2) is 59.1 Å². The molecule has 2 aliphatic rings. The fourth-order valence-electron chi connectivity index (χ4n) is 3.86. The maximum atomic E-state index is 14.3. The minimum atomic E-state index is -0.521. The second-order valence-corrected chi connectivity index (χ2v) is 7.80. The van der Waals surface area contributed by atoms with Gasteiger partial charge >= 0.3 is 0 Å². The summed E-state index contributed by atoms with van der Waals surface area (Å²) in [5.41, 5.74) is 3.24. The molecule has 1 atom stereocenters. The molecule has 142 valence electrons. The van der Waals surface area contributed by atoms with Crippen molar-refractivity contribution in [2.45, 2.75) is 25.7 Å². The summed E-state index contributed by atoms with van der Waals surface area (Å²) in [4.78, 5) is 16.8. The van der Waals surface area contributed by atoms with Crippen LogP contribution in [0, 0.1) is 17.1 Å². The molecule has 28 heavy (non-hydrogen) atoms. The lowest BCUT2D eigenvalue weighted by atomic mass is 9.86. The Morgan fingerprint density at radius 3 is 2.71 bits per heavy atom. The number of benzene rings is 2. The van der Waals surface area contributed by atoms with E-state index < -0.39 is 5.92 Å². The standard InChI is InChI=1S/C22H20FN3OS/c1-2-15-7-3-6-10-20(15)25-13-26-21(27)11-17(16-8-4-5-9-19(16)23)18(12-24)22(26)28-14-25/h3-10,17H,2,11,13-14H2,1H3/t17-/m1/s1. The molecule has 0 bridgehead atoms. The van der Waals surface area contributed by atoms with Gasteiger partial charge in [-0.15, -0.1) is 0 Å². The smallest absolute Gasteiger partial charge is 0.229 e. The molecule has 1 fully saturated rings. The Kier molecular flexibility index (Phi) is 5.10. The SMILES string of the molecule is CCc1ccccc1N1CSC2=C(C#N)[C@@H](c3ccccc3F)CC(=O)N2C1. The van der Waals surface area contributed by atoms with Crippen LogP contribution in [0.5, 0.6) is 0 Å². The molecule has 0 radical (unpaired) electrons. The number of fused-ring (bicyclic) bond motifs is 1. The van der Waals surface area contributed by atoms with E-state index in [0.717, 1.165) is 12.1 Å². The molecule has 4 nitrogen and oxygen atoms in total. The summed E-state index contributed by atoms with van der Waals surface area (Å²) in [5.74, 6) is -0.326. The van der Waals surface area contributed by atoms with Gasteiger partial charge in [-0.1, -0.05) is 55.1 Å². The van der Waals surface area contributed by atoms with E-state index >= 15 is 0 Å².